The third-order valence-corrected chi connectivity index (χ3v) is 7.84. The Morgan fingerprint density at radius 1 is 0.857 bits per heavy atom. The van der Waals surface area contributed by atoms with Crippen LogP contribution in [-0.4, -0.2) is 0 Å². The Balaban J connectivity index is 0.000000219. The molecule has 2 aromatic carbocycles. The fraction of sp³-hybridized carbons (Fsp3) is 0.143. The van der Waals surface area contributed by atoms with Gasteiger partial charge in [-0.1, -0.05) is 34.1 Å². The van der Waals surface area contributed by atoms with Crippen molar-refractivity contribution in [3.05, 3.63) is 63.6 Å². The molecule has 0 saturated heterocycles. The average molecular weight is 615 g/mol. The van der Waals surface area contributed by atoms with Crippen LogP contribution in [0.3, 0.4) is 0 Å². The maximum atomic E-state index is 13.3. The molecule has 0 aliphatic heterocycles. The third kappa shape index (κ3) is 5.09. The van der Waals surface area contributed by atoms with E-state index in [0.29, 0.717) is 14.5 Å². The smallest absolute Gasteiger partial charge is 0.153 e. The first-order valence-electron chi connectivity index (χ1n) is 5.58. The van der Waals surface area contributed by atoms with E-state index in [4.69, 9.17) is 0 Å². The van der Waals surface area contributed by atoms with E-state index in [1.54, 1.807) is 6.07 Å². The molecule has 2 aromatic rings. The lowest BCUT2D eigenvalue weighted by Crippen LogP contribution is -1.88. The molecule has 0 aromatic heterocycles. The van der Waals surface area contributed by atoms with Gasteiger partial charge < -0.3 is 0 Å². The van der Waals surface area contributed by atoms with Gasteiger partial charge in [-0.2, -0.15) is 0 Å². The minimum atomic E-state index is -0.401. The topological polar surface area (TPSA) is 0 Å². The van der Waals surface area contributed by atoms with Crippen molar-refractivity contribution in [1.82, 2.24) is 0 Å². The van der Waals surface area contributed by atoms with Gasteiger partial charge in [0.1, 0.15) is 6.67 Å². The van der Waals surface area contributed by atoms with E-state index in [1.807, 2.05) is 25.1 Å². The molecule has 7 heteroatoms. The summed E-state index contributed by atoms with van der Waals surface area (Å²) >= 11 is 16.1. The largest absolute Gasteiger partial charge is 0.246 e. The number of hydrogen-bond acceptors (Lipinski definition) is 0. The van der Waals surface area contributed by atoms with Crippen LogP contribution in [0.2, 0.25) is 0 Å². The highest BCUT2D eigenvalue weighted by Gasteiger charge is 2.15. The van der Waals surface area contributed by atoms with Crippen molar-refractivity contribution in [3.8, 4) is 0 Å². The second-order valence-corrected chi connectivity index (χ2v) is 7.95. The summed E-state index contributed by atoms with van der Waals surface area (Å²) in [5, 5.41) is 0. The van der Waals surface area contributed by atoms with Gasteiger partial charge in [0.25, 0.3) is 0 Å². The van der Waals surface area contributed by atoms with Crippen LogP contribution >= 0.6 is 79.6 Å². The zero-order valence-corrected chi connectivity index (χ0v) is 18.6. The number of halogens is 7. The molecule has 0 N–H and O–H groups in total. The SMILES string of the molecule is Cc1c(Br)c(Br)c(F)c(Br)c1Br.FCc1ccccc1Br. The summed E-state index contributed by atoms with van der Waals surface area (Å²) in [4.78, 5) is 0. The molecule has 114 valence electrons. The highest BCUT2D eigenvalue weighted by molar-refractivity contribution is 9.14. The molecule has 2 rings (SSSR count). The van der Waals surface area contributed by atoms with Crippen molar-refractivity contribution < 1.29 is 8.78 Å². The van der Waals surface area contributed by atoms with Crippen LogP contribution in [0.4, 0.5) is 8.78 Å². The number of rotatable bonds is 1. The van der Waals surface area contributed by atoms with Gasteiger partial charge in [0.05, 0.1) is 8.95 Å². The zero-order chi connectivity index (χ0) is 16.2. The molecule has 21 heavy (non-hydrogen) atoms. The van der Waals surface area contributed by atoms with Gasteiger partial charge in [-0.3, -0.25) is 0 Å². The molecule has 0 spiro atoms. The normalized spacial score (nSPS) is 10.1. The molecule has 0 atom stereocenters. The average Bonchev–Trinajstić information content (AvgIpc) is 2.50. The Hall–Kier alpha value is 0.700. The van der Waals surface area contributed by atoms with Crippen LogP contribution in [0.5, 0.6) is 0 Å². The minimum absolute atomic E-state index is 0.306. The van der Waals surface area contributed by atoms with E-state index in [0.717, 1.165) is 19.0 Å². The fourth-order valence-electron chi connectivity index (χ4n) is 1.32. The Bertz CT molecular complexity index is 539. The monoisotopic (exact) mass is 610 g/mol. The molecule has 0 unspecified atom stereocenters. The van der Waals surface area contributed by atoms with Crippen molar-refractivity contribution >= 4 is 79.6 Å². The van der Waals surface area contributed by atoms with E-state index in [2.05, 4.69) is 79.6 Å². The molecule has 0 aliphatic carbocycles. The van der Waals surface area contributed by atoms with E-state index >= 15 is 0 Å². The lowest BCUT2D eigenvalue weighted by Gasteiger charge is -2.07. The van der Waals surface area contributed by atoms with Crippen molar-refractivity contribution in [2.24, 2.45) is 0 Å². The van der Waals surface area contributed by atoms with E-state index in [1.165, 1.54) is 0 Å². The Morgan fingerprint density at radius 2 is 1.33 bits per heavy atom. The van der Waals surface area contributed by atoms with Crippen LogP contribution in [-0.2, 0) is 6.67 Å². The van der Waals surface area contributed by atoms with Gasteiger partial charge in [0, 0.05) is 13.4 Å². The van der Waals surface area contributed by atoms with Crippen LogP contribution in [0.1, 0.15) is 11.1 Å². The molecule has 0 saturated carbocycles. The summed E-state index contributed by atoms with van der Waals surface area (Å²) in [5.41, 5.74) is 1.66. The molecule has 0 bridgehead atoms. The van der Waals surface area contributed by atoms with Crippen LogP contribution in [0, 0.1) is 12.7 Å². The number of alkyl halides is 1. The van der Waals surface area contributed by atoms with Crippen molar-refractivity contribution in [1.29, 1.82) is 0 Å². The van der Waals surface area contributed by atoms with Crippen LogP contribution < -0.4 is 0 Å². The second kappa shape index (κ2) is 9.11. The van der Waals surface area contributed by atoms with Crippen molar-refractivity contribution in [3.63, 3.8) is 0 Å². The lowest BCUT2D eigenvalue weighted by atomic mass is 10.2. The Labute approximate surface area is 164 Å². The van der Waals surface area contributed by atoms with Crippen LogP contribution in [0.25, 0.3) is 0 Å². The number of benzene rings is 2. The number of hydrogen-bond donors (Lipinski definition) is 0. The van der Waals surface area contributed by atoms with E-state index in [-0.39, 0.29) is 5.82 Å². The Kier molecular flexibility index (Phi) is 8.56. The van der Waals surface area contributed by atoms with Crippen molar-refractivity contribution in [2.75, 3.05) is 0 Å². The maximum Gasteiger partial charge on any atom is 0.153 e. The van der Waals surface area contributed by atoms with Gasteiger partial charge in [0.2, 0.25) is 0 Å². The highest BCUT2D eigenvalue weighted by Crippen LogP contribution is 2.39. The van der Waals surface area contributed by atoms with E-state index < -0.39 is 6.67 Å². The van der Waals surface area contributed by atoms with Gasteiger partial charge in [-0.05, 0) is 87.8 Å². The summed E-state index contributed by atoms with van der Waals surface area (Å²) in [7, 11) is 0. The molecule has 0 fully saturated rings. The molecule has 0 nitrogen and oxygen atoms in total. The zero-order valence-electron chi connectivity index (χ0n) is 10.7. The predicted octanol–water partition coefficient (Wildman–Crippen LogP) is 8.10. The van der Waals surface area contributed by atoms with Gasteiger partial charge in [-0.25, -0.2) is 8.78 Å². The first-order chi connectivity index (χ1) is 9.81. The lowest BCUT2D eigenvalue weighted by molar-refractivity contribution is 0.484. The maximum absolute atomic E-state index is 13.3. The summed E-state index contributed by atoms with van der Waals surface area (Å²) in [6.07, 6.45) is 0. The standard InChI is InChI=1S/C7H3Br4F.C7H6BrF/c1-2-3(8)5(10)7(12)6(11)4(2)9;8-7-4-2-1-3-6(7)5-9/h1H3;1-4H,5H2. The third-order valence-electron chi connectivity index (χ3n) is 2.53. The molecule has 0 radical (unpaired) electrons. The van der Waals surface area contributed by atoms with Crippen molar-refractivity contribution in [2.45, 2.75) is 13.6 Å². The first-order valence-corrected chi connectivity index (χ1v) is 9.55. The summed E-state index contributed by atoms with van der Waals surface area (Å²) < 4.78 is 28.4. The quantitative estimate of drug-likeness (QED) is 0.225. The summed E-state index contributed by atoms with van der Waals surface area (Å²) in [6, 6.07) is 7.27. The van der Waals surface area contributed by atoms with Gasteiger partial charge in [-0.15, -0.1) is 0 Å². The van der Waals surface area contributed by atoms with Crippen LogP contribution in [0.15, 0.2) is 46.6 Å². The molecule has 0 heterocycles. The summed E-state index contributed by atoms with van der Waals surface area (Å²) in [5.74, 6) is -0.306. The molecular formula is C14H9Br5F2. The summed E-state index contributed by atoms with van der Waals surface area (Å²) in [6.45, 7) is 1.49. The minimum Gasteiger partial charge on any atom is -0.246 e. The Morgan fingerprint density at radius 3 is 1.71 bits per heavy atom. The molecule has 0 aliphatic rings. The fourth-order valence-corrected chi connectivity index (χ4v) is 3.98. The molecule has 0 amide bonds. The predicted molar refractivity (Wildman–Crippen MR) is 101 cm³/mol. The van der Waals surface area contributed by atoms with Gasteiger partial charge in [0.15, 0.2) is 5.82 Å². The van der Waals surface area contributed by atoms with E-state index in [9.17, 15) is 8.78 Å². The highest BCUT2D eigenvalue weighted by atomic mass is 79.9. The first kappa shape index (κ1) is 19.7. The second-order valence-electron chi connectivity index (χ2n) is 3.92. The van der Waals surface area contributed by atoms with Gasteiger partial charge >= 0.3 is 0 Å². The molecular weight excluding hydrogens is 606 g/mol.